The molecule has 122 valence electrons. The van der Waals surface area contributed by atoms with Crippen molar-refractivity contribution in [1.29, 1.82) is 0 Å². The standard InChI is InChI=1S/C16H16ClNO5/c1-23-16(22)9-6-7-12(17)13(8-9)18-14(19)10-4-2-3-5-11(10)15(20)21/h2-3,6-8,10-11H,4-5H2,1H3,(H,18,19)(H,20,21)/t10-,11-/m1/s1. The Morgan fingerprint density at radius 2 is 1.87 bits per heavy atom. The maximum absolute atomic E-state index is 12.4. The number of esters is 1. The third-order valence-electron chi connectivity index (χ3n) is 3.73. The summed E-state index contributed by atoms with van der Waals surface area (Å²) < 4.78 is 4.62. The number of carbonyl (C=O) groups is 3. The van der Waals surface area contributed by atoms with Gasteiger partial charge in [-0.3, -0.25) is 9.59 Å². The van der Waals surface area contributed by atoms with E-state index in [0.29, 0.717) is 12.8 Å². The molecule has 0 saturated carbocycles. The molecule has 23 heavy (non-hydrogen) atoms. The smallest absolute Gasteiger partial charge is 0.337 e. The summed E-state index contributed by atoms with van der Waals surface area (Å²) in [6.45, 7) is 0. The molecule has 6 nitrogen and oxygen atoms in total. The third-order valence-corrected chi connectivity index (χ3v) is 4.06. The van der Waals surface area contributed by atoms with Crippen molar-refractivity contribution in [2.75, 3.05) is 12.4 Å². The van der Waals surface area contributed by atoms with Gasteiger partial charge in [0.25, 0.3) is 0 Å². The summed E-state index contributed by atoms with van der Waals surface area (Å²) in [4.78, 5) is 35.2. The predicted molar refractivity (Wildman–Crippen MR) is 84.4 cm³/mol. The van der Waals surface area contributed by atoms with E-state index in [4.69, 9.17) is 11.6 Å². The van der Waals surface area contributed by atoms with Gasteiger partial charge in [0.05, 0.1) is 35.2 Å². The van der Waals surface area contributed by atoms with E-state index in [9.17, 15) is 19.5 Å². The molecule has 0 radical (unpaired) electrons. The molecule has 1 amide bonds. The summed E-state index contributed by atoms with van der Waals surface area (Å²) in [7, 11) is 1.25. The van der Waals surface area contributed by atoms with E-state index in [1.165, 1.54) is 25.3 Å². The molecule has 0 aliphatic heterocycles. The van der Waals surface area contributed by atoms with Gasteiger partial charge in [-0.25, -0.2) is 4.79 Å². The summed E-state index contributed by atoms with van der Waals surface area (Å²) in [6, 6.07) is 4.35. The number of halogens is 1. The Morgan fingerprint density at radius 3 is 2.48 bits per heavy atom. The average Bonchev–Trinajstić information content (AvgIpc) is 2.56. The number of carbonyl (C=O) groups excluding carboxylic acids is 2. The minimum Gasteiger partial charge on any atom is -0.481 e. The van der Waals surface area contributed by atoms with Crippen molar-refractivity contribution in [3.63, 3.8) is 0 Å². The fourth-order valence-electron chi connectivity index (χ4n) is 2.47. The zero-order valence-corrected chi connectivity index (χ0v) is 13.2. The zero-order chi connectivity index (χ0) is 17.0. The second-order valence-electron chi connectivity index (χ2n) is 5.17. The van der Waals surface area contributed by atoms with Crippen molar-refractivity contribution in [3.05, 3.63) is 40.9 Å². The van der Waals surface area contributed by atoms with Crippen molar-refractivity contribution in [1.82, 2.24) is 0 Å². The second kappa shape index (κ2) is 7.28. The van der Waals surface area contributed by atoms with Crippen LogP contribution in [0.5, 0.6) is 0 Å². The quantitative estimate of drug-likeness (QED) is 0.651. The number of carboxylic acid groups (broad SMARTS) is 1. The molecule has 2 atom stereocenters. The lowest BCUT2D eigenvalue weighted by atomic mass is 9.82. The van der Waals surface area contributed by atoms with Crippen LogP contribution in [0.25, 0.3) is 0 Å². The molecule has 0 bridgehead atoms. The van der Waals surface area contributed by atoms with Crippen molar-refractivity contribution in [3.8, 4) is 0 Å². The topological polar surface area (TPSA) is 92.7 Å². The van der Waals surface area contributed by atoms with Gasteiger partial charge in [-0.05, 0) is 31.0 Å². The van der Waals surface area contributed by atoms with Crippen LogP contribution < -0.4 is 5.32 Å². The van der Waals surface area contributed by atoms with E-state index in [1.54, 1.807) is 12.2 Å². The molecule has 0 fully saturated rings. The zero-order valence-electron chi connectivity index (χ0n) is 12.4. The largest absolute Gasteiger partial charge is 0.481 e. The Balaban J connectivity index is 2.21. The number of ether oxygens (including phenoxy) is 1. The Labute approximate surface area is 138 Å². The number of hydrogen-bond donors (Lipinski definition) is 2. The van der Waals surface area contributed by atoms with Gasteiger partial charge in [0.15, 0.2) is 0 Å². The van der Waals surface area contributed by atoms with Crippen molar-refractivity contribution in [2.24, 2.45) is 11.8 Å². The molecular formula is C16H16ClNO5. The normalized spacial score (nSPS) is 19.9. The lowest BCUT2D eigenvalue weighted by Crippen LogP contribution is -2.34. The molecule has 0 heterocycles. The number of aliphatic carboxylic acids is 1. The molecule has 0 aromatic heterocycles. The van der Waals surface area contributed by atoms with Crippen LogP contribution in [0.3, 0.4) is 0 Å². The maximum atomic E-state index is 12.4. The first-order valence-corrected chi connectivity index (χ1v) is 7.38. The number of carboxylic acids is 1. The number of nitrogens with one attached hydrogen (secondary N) is 1. The van der Waals surface area contributed by atoms with Crippen molar-refractivity contribution in [2.45, 2.75) is 12.8 Å². The summed E-state index contributed by atoms with van der Waals surface area (Å²) in [5.74, 6) is -3.46. The molecule has 0 unspecified atom stereocenters. The Bertz CT molecular complexity index is 670. The molecule has 0 spiro atoms. The molecule has 1 aliphatic carbocycles. The molecule has 2 N–H and O–H groups in total. The number of methoxy groups -OCH3 is 1. The van der Waals surface area contributed by atoms with E-state index in [-0.39, 0.29) is 16.3 Å². The molecule has 1 aromatic rings. The highest BCUT2D eigenvalue weighted by atomic mass is 35.5. The lowest BCUT2D eigenvalue weighted by molar-refractivity contribution is -0.146. The minimum atomic E-state index is -1.01. The first kappa shape index (κ1) is 17.0. The first-order chi connectivity index (χ1) is 10.9. The second-order valence-corrected chi connectivity index (χ2v) is 5.58. The fourth-order valence-corrected chi connectivity index (χ4v) is 2.63. The molecule has 1 aliphatic rings. The summed E-state index contributed by atoms with van der Waals surface area (Å²) in [5.41, 5.74) is 0.490. The van der Waals surface area contributed by atoms with Crippen LogP contribution >= 0.6 is 11.6 Å². The highest BCUT2D eigenvalue weighted by Crippen LogP contribution is 2.29. The van der Waals surface area contributed by atoms with E-state index >= 15 is 0 Å². The first-order valence-electron chi connectivity index (χ1n) is 7.00. The Hall–Kier alpha value is -2.34. The van der Waals surface area contributed by atoms with Crippen LogP contribution in [0.2, 0.25) is 5.02 Å². The van der Waals surface area contributed by atoms with Gasteiger partial charge in [-0.2, -0.15) is 0 Å². The van der Waals surface area contributed by atoms with E-state index in [0.717, 1.165) is 0 Å². The predicted octanol–water partition coefficient (Wildman–Crippen LogP) is 2.73. The van der Waals surface area contributed by atoms with E-state index in [2.05, 4.69) is 10.1 Å². The van der Waals surface area contributed by atoms with E-state index < -0.39 is 29.7 Å². The summed E-state index contributed by atoms with van der Waals surface area (Å²) in [6.07, 6.45) is 4.20. The molecule has 0 saturated heterocycles. The Morgan fingerprint density at radius 1 is 1.22 bits per heavy atom. The monoisotopic (exact) mass is 337 g/mol. The molecule has 1 aromatic carbocycles. The van der Waals surface area contributed by atoms with Gasteiger partial charge in [0, 0.05) is 0 Å². The molecule has 2 rings (SSSR count). The summed E-state index contributed by atoms with van der Waals surface area (Å²) >= 11 is 6.03. The van der Waals surface area contributed by atoms with Crippen LogP contribution in [-0.2, 0) is 14.3 Å². The van der Waals surface area contributed by atoms with Crippen LogP contribution in [0, 0.1) is 11.8 Å². The minimum absolute atomic E-state index is 0.241. The van der Waals surface area contributed by atoms with Crippen LogP contribution in [0.4, 0.5) is 5.69 Å². The van der Waals surface area contributed by atoms with Crippen LogP contribution in [0.1, 0.15) is 23.2 Å². The molecule has 7 heteroatoms. The Kier molecular flexibility index (Phi) is 5.39. The van der Waals surface area contributed by atoms with Gasteiger partial charge in [-0.1, -0.05) is 23.8 Å². The van der Waals surface area contributed by atoms with Gasteiger partial charge in [0.1, 0.15) is 0 Å². The van der Waals surface area contributed by atoms with Gasteiger partial charge in [0.2, 0.25) is 5.91 Å². The number of amides is 1. The highest BCUT2D eigenvalue weighted by Gasteiger charge is 2.34. The third kappa shape index (κ3) is 3.90. The fraction of sp³-hybridized carbons (Fsp3) is 0.312. The van der Waals surface area contributed by atoms with Crippen LogP contribution in [-0.4, -0.2) is 30.1 Å². The number of rotatable bonds is 4. The average molecular weight is 338 g/mol. The van der Waals surface area contributed by atoms with E-state index in [1.807, 2.05) is 0 Å². The summed E-state index contributed by atoms with van der Waals surface area (Å²) in [5, 5.41) is 12.1. The number of benzene rings is 1. The molecular weight excluding hydrogens is 322 g/mol. The lowest BCUT2D eigenvalue weighted by Gasteiger charge is -2.24. The van der Waals surface area contributed by atoms with Crippen LogP contribution in [0.15, 0.2) is 30.4 Å². The SMILES string of the molecule is COC(=O)c1ccc(Cl)c(NC(=O)[C@@H]2CC=CC[C@H]2C(=O)O)c1. The number of allylic oxidation sites excluding steroid dienone is 2. The van der Waals surface area contributed by atoms with Crippen molar-refractivity contribution < 1.29 is 24.2 Å². The van der Waals surface area contributed by atoms with Gasteiger partial charge < -0.3 is 15.2 Å². The van der Waals surface area contributed by atoms with Gasteiger partial charge in [-0.15, -0.1) is 0 Å². The number of hydrogen-bond acceptors (Lipinski definition) is 4. The highest BCUT2D eigenvalue weighted by molar-refractivity contribution is 6.33. The van der Waals surface area contributed by atoms with Crippen molar-refractivity contribution >= 4 is 35.1 Å². The van der Waals surface area contributed by atoms with Gasteiger partial charge >= 0.3 is 11.9 Å². The number of anilines is 1. The maximum Gasteiger partial charge on any atom is 0.337 e.